The van der Waals surface area contributed by atoms with Crippen LogP contribution in [0.1, 0.15) is 11.1 Å². The molecule has 132 valence electrons. The standard InChI is InChI=1S/C18H21N3O4/c1-13-7-8-17(25-2)14(11-13)12-18(22)20-10-9-19-15-5-3-4-6-16(15)21(23)24/h3-8,11,19H,9-10,12H2,1-2H3,(H,20,22). The fourth-order valence-corrected chi connectivity index (χ4v) is 2.46. The number of ether oxygens (including phenoxy) is 1. The van der Waals surface area contributed by atoms with Crippen LogP contribution in [0.3, 0.4) is 0 Å². The number of rotatable bonds is 8. The Morgan fingerprint density at radius 1 is 1.20 bits per heavy atom. The van der Waals surface area contributed by atoms with Crippen LogP contribution in [0, 0.1) is 17.0 Å². The van der Waals surface area contributed by atoms with E-state index in [4.69, 9.17) is 4.74 Å². The van der Waals surface area contributed by atoms with Gasteiger partial charge in [0.05, 0.1) is 18.5 Å². The fraction of sp³-hybridized carbons (Fsp3) is 0.278. The maximum Gasteiger partial charge on any atom is 0.292 e. The maximum atomic E-state index is 12.1. The molecule has 0 fully saturated rings. The van der Waals surface area contributed by atoms with Gasteiger partial charge in [-0.05, 0) is 19.1 Å². The van der Waals surface area contributed by atoms with Gasteiger partial charge in [0.1, 0.15) is 11.4 Å². The monoisotopic (exact) mass is 343 g/mol. The van der Waals surface area contributed by atoms with E-state index in [1.165, 1.54) is 6.07 Å². The lowest BCUT2D eigenvalue weighted by molar-refractivity contribution is -0.384. The second kappa shape index (κ2) is 8.68. The number of benzene rings is 2. The van der Waals surface area contributed by atoms with Crippen LogP contribution >= 0.6 is 0 Å². The Kier molecular flexibility index (Phi) is 6.33. The van der Waals surface area contributed by atoms with Crippen LogP contribution in [0.25, 0.3) is 0 Å². The number of nitro groups is 1. The van der Waals surface area contributed by atoms with Gasteiger partial charge in [-0.15, -0.1) is 0 Å². The lowest BCUT2D eigenvalue weighted by Crippen LogP contribution is -2.30. The van der Waals surface area contributed by atoms with Gasteiger partial charge >= 0.3 is 0 Å². The fourth-order valence-electron chi connectivity index (χ4n) is 2.46. The Bertz CT molecular complexity index is 762. The van der Waals surface area contributed by atoms with Crippen molar-refractivity contribution >= 4 is 17.3 Å². The third kappa shape index (κ3) is 5.20. The molecule has 0 unspecified atom stereocenters. The van der Waals surface area contributed by atoms with Crippen LogP contribution in [0.15, 0.2) is 42.5 Å². The summed E-state index contributed by atoms with van der Waals surface area (Å²) in [6, 6.07) is 12.1. The minimum atomic E-state index is -0.440. The summed E-state index contributed by atoms with van der Waals surface area (Å²) in [5.41, 5.74) is 2.33. The van der Waals surface area contributed by atoms with E-state index in [1.54, 1.807) is 25.3 Å². The van der Waals surface area contributed by atoms with Gasteiger partial charge in [-0.25, -0.2) is 0 Å². The van der Waals surface area contributed by atoms with Crippen molar-refractivity contribution in [2.45, 2.75) is 13.3 Å². The van der Waals surface area contributed by atoms with Crippen LogP contribution in [0.5, 0.6) is 5.75 Å². The number of hydrogen-bond donors (Lipinski definition) is 2. The van der Waals surface area contributed by atoms with Crippen LogP contribution < -0.4 is 15.4 Å². The quantitative estimate of drug-likeness (QED) is 0.437. The predicted molar refractivity (Wildman–Crippen MR) is 96.0 cm³/mol. The van der Waals surface area contributed by atoms with Crippen LogP contribution in [-0.2, 0) is 11.2 Å². The van der Waals surface area contributed by atoms with E-state index in [0.29, 0.717) is 24.5 Å². The highest BCUT2D eigenvalue weighted by Crippen LogP contribution is 2.22. The summed E-state index contributed by atoms with van der Waals surface area (Å²) >= 11 is 0. The van der Waals surface area contributed by atoms with E-state index in [9.17, 15) is 14.9 Å². The topological polar surface area (TPSA) is 93.5 Å². The Hall–Kier alpha value is -3.09. The molecule has 2 aromatic carbocycles. The van der Waals surface area contributed by atoms with E-state index >= 15 is 0 Å². The minimum absolute atomic E-state index is 0.0123. The number of nitro benzene ring substituents is 1. The Morgan fingerprint density at radius 2 is 1.96 bits per heavy atom. The van der Waals surface area contributed by atoms with Crippen molar-refractivity contribution in [3.05, 3.63) is 63.7 Å². The largest absolute Gasteiger partial charge is 0.496 e. The smallest absolute Gasteiger partial charge is 0.292 e. The van der Waals surface area contributed by atoms with Crippen molar-refractivity contribution < 1.29 is 14.5 Å². The molecule has 0 aliphatic carbocycles. The van der Waals surface area contributed by atoms with Crippen molar-refractivity contribution in [1.29, 1.82) is 0 Å². The third-order valence-corrected chi connectivity index (χ3v) is 3.65. The first-order chi connectivity index (χ1) is 12.0. The third-order valence-electron chi connectivity index (χ3n) is 3.65. The molecule has 7 nitrogen and oxygen atoms in total. The molecule has 7 heteroatoms. The second-order valence-electron chi connectivity index (χ2n) is 5.54. The van der Waals surface area contributed by atoms with Gasteiger partial charge in [0.2, 0.25) is 5.91 Å². The summed E-state index contributed by atoms with van der Waals surface area (Å²) in [5, 5.41) is 16.7. The van der Waals surface area contributed by atoms with E-state index in [2.05, 4.69) is 10.6 Å². The average molecular weight is 343 g/mol. The molecular formula is C18H21N3O4. The molecule has 0 atom stereocenters. The zero-order valence-corrected chi connectivity index (χ0v) is 14.2. The number of para-hydroxylation sites is 2. The minimum Gasteiger partial charge on any atom is -0.496 e. The van der Waals surface area contributed by atoms with E-state index in [-0.39, 0.29) is 18.0 Å². The van der Waals surface area contributed by atoms with Crippen molar-refractivity contribution in [2.24, 2.45) is 0 Å². The molecule has 0 aliphatic heterocycles. The summed E-state index contributed by atoms with van der Waals surface area (Å²) in [5.74, 6) is 0.548. The number of nitrogens with one attached hydrogen (secondary N) is 2. The number of carbonyl (C=O) groups is 1. The molecule has 0 bridgehead atoms. The van der Waals surface area contributed by atoms with Crippen molar-refractivity contribution in [2.75, 3.05) is 25.5 Å². The van der Waals surface area contributed by atoms with Gasteiger partial charge in [0.25, 0.3) is 5.69 Å². The van der Waals surface area contributed by atoms with Gasteiger partial charge in [-0.2, -0.15) is 0 Å². The highest BCUT2D eigenvalue weighted by Gasteiger charge is 2.12. The molecule has 2 rings (SSSR count). The van der Waals surface area contributed by atoms with Gasteiger partial charge in [0, 0.05) is 24.7 Å². The second-order valence-corrected chi connectivity index (χ2v) is 5.54. The summed E-state index contributed by atoms with van der Waals surface area (Å²) < 4.78 is 5.26. The van der Waals surface area contributed by atoms with Gasteiger partial charge < -0.3 is 15.4 Å². The first kappa shape index (κ1) is 18.3. The van der Waals surface area contributed by atoms with Crippen LogP contribution in [0.2, 0.25) is 0 Å². The van der Waals surface area contributed by atoms with Crippen molar-refractivity contribution in [1.82, 2.24) is 5.32 Å². The molecule has 25 heavy (non-hydrogen) atoms. The molecule has 2 aromatic rings. The number of amides is 1. The molecule has 0 aliphatic rings. The van der Waals surface area contributed by atoms with Gasteiger partial charge in [-0.1, -0.05) is 29.8 Å². The van der Waals surface area contributed by atoms with E-state index < -0.39 is 4.92 Å². The molecule has 0 aromatic heterocycles. The highest BCUT2D eigenvalue weighted by molar-refractivity contribution is 5.79. The molecular weight excluding hydrogens is 322 g/mol. The highest BCUT2D eigenvalue weighted by atomic mass is 16.6. The Labute approximate surface area is 146 Å². The van der Waals surface area contributed by atoms with Crippen molar-refractivity contribution in [3.63, 3.8) is 0 Å². The molecule has 2 N–H and O–H groups in total. The summed E-state index contributed by atoms with van der Waals surface area (Å²) in [7, 11) is 1.57. The lowest BCUT2D eigenvalue weighted by Gasteiger charge is -2.11. The normalized spacial score (nSPS) is 10.2. The number of carbonyl (C=O) groups excluding carboxylic acids is 1. The van der Waals surface area contributed by atoms with Crippen LogP contribution in [0.4, 0.5) is 11.4 Å². The SMILES string of the molecule is COc1ccc(C)cc1CC(=O)NCCNc1ccccc1[N+](=O)[O-]. The molecule has 0 heterocycles. The zero-order chi connectivity index (χ0) is 18.2. The zero-order valence-electron chi connectivity index (χ0n) is 14.2. The molecule has 0 saturated heterocycles. The number of nitrogens with zero attached hydrogens (tertiary/aromatic N) is 1. The number of methoxy groups -OCH3 is 1. The van der Waals surface area contributed by atoms with Crippen LogP contribution in [-0.4, -0.2) is 31.0 Å². The van der Waals surface area contributed by atoms with E-state index in [1.807, 2.05) is 25.1 Å². The Morgan fingerprint density at radius 3 is 2.68 bits per heavy atom. The molecule has 0 spiro atoms. The van der Waals surface area contributed by atoms with Gasteiger partial charge in [-0.3, -0.25) is 14.9 Å². The number of aryl methyl sites for hydroxylation is 1. The lowest BCUT2D eigenvalue weighted by atomic mass is 10.1. The number of hydrogen-bond acceptors (Lipinski definition) is 5. The average Bonchev–Trinajstić information content (AvgIpc) is 2.59. The molecule has 0 saturated carbocycles. The van der Waals surface area contributed by atoms with E-state index in [0.717, 1.165) is 11.1 Å². The summed E-state index contributed by atoms with van der Waals surface area (Å²) in [6.07, 6.45) is 0.219. The van der Waals surface area contributed by atoms with Gasteiger partial charge in [0.15, 0.2) is 0 Å². The molecule has 1 amide bonds. The van der Waals surface area contributed by atoms with Crippen molar-refractivity contribution in [3.8, 4) is 5.75 Å². The number of anilines is 1. The molecule has 0 radical (unpaired) electrons. The Balaban J connectivity index is 1.84. The maximum absolute atomic E-state index is 12.1. The summed E-state index contributed by atoms with van der Waals surface area (Å²) in [4.78, 5) is 22.6. The summed E-state index contributed by atoms with van der Waals surface area (Å²) in [6.45, 7) is 2.71. The first-order valence-corrected chi connectivity index (χ1v) is 7.88. The predicted octanol–water partition coefficient (Wildman–Crippen LogP) is 2.68. The first-order valence-electron chi connectivity index (χ1n) is 7.88.